The lowest BCUT2D eigenvalue weighted by atomic mass is 10.1. The summed E-state index contributed by atoms with van der Waals surface area (Å²) in [7, 11) is 2.15. The van der Waals surface area contributed by atoms with Crippen LogP contribution in [0.2, 0.25) is 0 Å². The zero-order valence-electron chi connectivity index (χ0n) is 13.3. The van der Waals surface area contributed by atoms with Crippen LogP contribution in [-0.2, 0) is 13.1 Å². The van der Waals surface area contributed by atoms with Crippen LogP contribution in [0, 0.1) is 5.92 Å². The number of likely N-dealkylation sites (N-methyl/N-ethyl adjacent to an activating group) is 1. The van der Waals surface area contributed by atoms with Gasteiger partial charge in [-0.2, -0.15) is 0 Å². The smallest absolute Gasteiger partial charge is 0.0965 e. The topological polar surface area (TPSA) is 46.0 Å². The minimum atomic E-state index is 0.112. The van der Waals surface area contributed by atoms with Crippen LogP contribution in [0.4, 0.5) is 0 Å². The summed E-state index contributed by atoms with van der Waals surface area (Å²) >= 11 is 0. The van der Waals surface area contributed by atoms with Gasteiger partial charge in [0.25, 0.3) is 0 Å². The Hall–Kier alpha value is -0.940. The highest BCUT2D eigenvalue weighted by Gasteiger charge is 2.10. The van der Waals surface area contributed by atoms with Crippen LogP contribution in [0.25, 0.3) is 0 Å². The van der Waals surface area contributed by atoms with E-state index in [0.29, 0.717) is 5.92 Å². The number of hydrogen-bond acceptors (Lipinski definition) is 4. The highest BCUT2D eigenvalue weighted by Crippen LogP contribution is 2.02. The van der Waals surface area contributed by atoms with Gasteiger partial charge < -0.3 is 10.2 Å². The van der Waals surface area contributed by atoms with Crippen molar-refractivity contribution in [3.63, 3.8) is 0 Å². The molecule has 0 saturated heterocycles. The molecule has 0 fully saturated rings. The third-order valence-electron chi connectivity index (χ3n) is 2.77. The summed E-state index contributed by atoms with van der Waals surface area (Å²) in [6, 6.07) is 0. The fourth-order valence-electron chi connectivity index (χ4n) is 1.87. The molecule has 1 rings (SSSR count). The second-order valence-corrected chi connectivity index (χ2v) is 6.73. The summed E-state index contributed by atoms with van der Waals surface area (Å²) in [6.45, 7) is 14.7. The number of hydrogen-bond donors (Lipinski definition) is 1. The normalized spacial score (nSPS) is 12.6. The first-order chi connectivity index (χ1) is 8.76. The van der Waals surface area contributed by atoms with Gasteiger partial charge in [0.05, 0.1) is 12.2 Å². The second-order valence-electron chi connectivity index (χ2n) is 6.73. The first-order valence-electron chi connectivity index (χ1n) is 7.09. The van der Waals surface area contributed by atoms with E-state index in [-0.39, 0.29) is 5.54 Å². The molecule has 0 spiro atoms. The summed E-state index contributed by atoms with van der Waals surface area (Å²) in [4.78, 5) is 2.33. The largest absolute Gasteiger partial charge is 0.306 e. The summed E-state index contributed by atoms with van der Waals surface area (Å²) < 4.78 is 1.93. The Morgan fingerprint density at radius 1 is 1.37 bits per heavy atom. The SMILES string of the molecule is CC(C)CN(C)CCn1cc(CNC(C)(C)C)nn1. The van der Waals surface area contributed by atoms with Crippen LogP contribution >= 0.6 is 0 Å². The summed E-state index contributed by atoms with van der Waals surface area (Å²) in [6.07, 6.45) is 2.03. The molecular formula is C14H29N5. The van der Waals surface area contributed by atoms with Gasteiger partial charge in [0.15, 0.2) is 0 Å². The Morgan fingerprint density at radius 2 is 2.05 bits per heavy atom. The van der Waals surface area contributed by atoms with E-state index < -0.39 is 0 Å². The zero-order valence-corrected chi connectivity index (χ0v) is 13.3. The Morgan fingerprint density at radius 3 is 2.63 bits per heavy atom. The Kier molecular flexibility index (Phi) is 5.94. The molecule has 5 heteroatoms. The molecule has 0 amide bonds. The summed E-state index contributed by atoms with van der Waals surface area (Å²) in [5.41, 5.74) is 1.11. The van der Waals surface area contributed by atoms with E-state index >= 15 is 0 Å². The lowest BCUT2D eigenvalue weighted by Gasteiger charge is -2.19. The molecule has 0 unspecified atom stereocenters. The molecule has 0 atom stereocenters. The number of aromatic nitrogens is 3. The van der Waals surface area contributed by atoms with Gasteiger partial charge in [-0.15, -0.1) is 5.10 Å². The monoisotopic (exact) mass is 267 g/mol. The van der Waals surface area contributed by atoms with Crippen LogP contribution in [0.3, 0.4) is 0 Å². The van der Waals surface area contributed by atoms with Crippen molar-refractivity contribution in [1.29, 1.82) is 0 Å². The van der Waals surface area contributed by atoms with Crippen LogP contribution in [0.5, 0.6) is 0 Å². The molecule has 0 aromatic carbocycles. The van der Waals surface area contributed by atoms with Crippen molar-refractivity contribution in [1.82, 2.24) is 25.2 Å². The van der Waals surface area contributed by atoms with E-state index in [9.17, 15) is 0 Å². The average Bonchev–Trinajstić information content (AvgIpc) is 2.69. The third kappa shape index (κ3) is 7.28. The van der Waals surface area contributed by atoms with Crippen molar-refractivity contribution in [3.8, 4) is 0 Å². The second kappa shape index (κ2) is 7.01. The van der Waals surface area contributed by atoms with Gasteiger partial charge in [-0.25, -0.2) is 0 Å². The fraction of sp³-hybridized carbons (Fsp3) is 0.857. The lowest BCUT2D eigenvalue weighted by molar-refractivity contribution is 0.278. The zero-order chi connectivity index (χ0) is 14.5. The van der Waals surface area contributed by atoms with Crippen molar-refractivity contribution in [2.45, 2.75) is 53.2 Å². The molecule has 19 heavy (non-hydrogen) atoms. The maximum Gasteiger partial charge on any atom is 0.0965 e. The van der Waals surface area contributed by atoms with E-state index in [1.807, 2.05) is 10.9 Å². The predicted molar refractivity (Wildman–Crippen MR) is 78.9 cm³/mol. The molecule has 5 nitrogen and oxygen atoms in total. The minimum absolute atomic E-state index is 0.112. The van der Waals surface area contributed by atoms with E-state index in [0.717, 1.165) is 31.9 Å². The van der Waals surface area contributed by atoms with Crippen molar-refractivity contribution >= 4 is 0 Å². The maximum absolute atomic E-state index is 4.19. The lowest BCUT2D eigenvalue weighted by Crippen LogP contribution is -2.35. The van der Waals surface area contributed by atoms with Crippen LogP contribution in [0.1, 0.15) is 40.3 Å². The van der Waals surface area contributed by atoms with Crippen LogP contribution < -0.4 is 5.32 Å². The molecule has 0 saturated carbocycles. The molecule has 1 aromatic heterocycles. The third-order valence-corrected chi connectivity index (χ3v) is 2.77. The first kappa shape index (κ1) is 16.1. The molecule has 0 bridgehead atoms. The van der Waals surface area contributed by atoms with E-state index in [1.165, 1.54) is 0 Å². The van der Waals surface area contributed by atoms with Crippen LogP contribution in [-0.4, -0.2) is 45.6 Å². The van der Waals surface area contributed by atoms with Crippen molar-refractivity contribution in [2.75, 3.05) is 20.1 Å². The molecule has 0 aliphatic carbocycles. The van der Waals surface area contributed by atoms with E-state index in [4.69, 9.17) is 0 Å². The van der Waals surface area contributed by atoms with Gasteiger partial charge >= 0.3 is 0 Å². The molecule has 1 N–H and O–H groups in total. The quantitative estimate of drug-likeness (QED) is 0.817. The Balaban J connectivity index is 2.34. The van der Waals surface area contributed by atoms with Gasteiger partial charge in [-0.1, -0.05) is 19.1 Å². The van der Waals surface area contributed by atoms with Gasteiger partial charge in [0.1, 0.15) is 0 Å². The molecule has 0 radical (unpaired) electrons. The highest BCUT2D eigenvalue weighted by atomic mass is 15.4. The van der Waals surface area contributed by atoms with Crippen molar-refractivity contribution < 1.29 is 0 Å². The fourth-order valence-corrected chi connectivity index (χ4v) is 1.87. The highest BCUT2D eigenvalue weighted by molar-refractivity contribution is 4.93. The summed E-state index contributed by atoms with van der Waals surface area (Å²) in [5.74, 6) is 0.701. The van der Waals surface area contributed by atoms with Crippen molar-refractivity contribution in [2.24, 2.45) is 5.92 Å². The van der Waals surface area contributed by atoms with Crippen molar-refractivity contribution in [3.05, 3.63) is 11.9 Å². The standard InChI is InChI=1S/C14H29N5/c1-12(2)10-18(6)7-8-19-11-13(16-17-19)9-15-14(3,4)5/h11-12,15H,7-10H2,1-6H3. The molecule has 0 aliphatic rings. The molecular weight excluding hydrogens is 238 g/mol. The minimum Gasteiger partial charge on any atom is -0.306 e. The molecule has 0 aliphatic heterocycles. The average molecular weight is 267 g/mol. The maximum atomic E-state index is 4.19. The van der Waals surface area contributed by atoms with Gasteiger partial charge in [-0.05, 0) is 33.7 Å². The van der Waals surface area contributed by atoms with Crippen LogP contribution in [0.15, 0.2) is 6.20 Å². The Labute approximate surface area is 117 Å². The molecule has 1 heterocycles. The predicted octanol–water partition coefficient (Wildman–Crippen LogP) is 1.75. The van der Waals surface area contributed by atoms with Gasteiger partial charge in [0.2, 0.25) is 0 Å². The number of rotatable bonds is 7. The summed E-state index contributed by atoms with van der Waals surface area (Å²) in [5, 5.41) is 11.8. The van der Waals surface area contributed by atoms with Gasteiger partial charge in [0, 0.05) is 31.4 Å². The van der Waals surface area contributed by atoms with Gasteiger partial charge in [-0.3, -0.25) is 4.68 Å². The van der Waals surface area contributed by atoms with E-state index in [2.05, 4.69) is 62.2 Å². The molecule has 1 aromatic rings. The number of nitrogens with one attached hydrogen (secondary N) is 1. The number of nitrogens with zero attached hydrogens (tertiary/aromatic N) is 4. The van der Waals surface area contributed by atoms with E-state index in [1.54, 1.807) is 0 Å². The first-order valence-corrected chi connectivity index (χ1v) is 7.09. The molecule has 110 valence electrons. The Bertz CT molecular complexity index is 364.